The summed E-state index contributed by atoms with van der Waals surface area (Å²) >= 11 is 0. The molecule has 0 spiro atoms. The van der Waals surface area contributed by atoms with Gasteiger partial charge in [0.1, 0.15) is 5.69 Å². The highest BCUT2D eigenvalue weighted by Crippen LogP contribution is 2.27. The fourth-order valence-electron chi connectivity index (χ4n) is 3.43. The van der Waals surface area contributed by atoms with Gasteiger partial charge < -0.3 is 5.32 Å². The maximum Gasteiger partial charge on any atom is 0.293 e. The Morgan fingerprint density at radius 3 is 2.53 bits per heavy atom. The molecule has 30 heavy (non-hydrogen) atoms. The molecule has 0 amide bonds. The molecule has 0 fully saturated rings. The van der Waals surface area contributed by atoms with Crippen molar-refractivity contribution in [1.29, 1.82) is 0 Å². The molecule has 1 heterocycles. The zero-order valence-corrected chi connectivity index (χ0v) is 16.1. The first kappa shape index (κ1) is 19.3. The largest absolute Gasteiger partial charge is 0.379 e. The van der Waals surface area contributed by atoms with E-state index in [2.05, 4.69) is 10.3 Å². The van der Waals surface area contributed by atoms with Gasteiger partial charge in [-0.3, -0.25) is 19.9 Å². The number of rotatable bonds is 7. The molecule has 4 aromatic rings. The van der Waals surface area contributed by atoms with E-state index in [0.29, 0.717) is 24.2 Å². The SMILES string of the molecule is O=C(c1ccccc1)c1ccc(NCCc2cccc3cccnc23)c([N+](=O)[O-])c1. The number of hydrogen-bond donors (Lipinski definition) is 1. The summed E-state index contributed by atoms with van der Waals surface area (Å²) in [5.74, 6) is -0.243. The van der Waals surface area contributed by atoms with Crippen molar-refractivity contribution in [3.05, 3.63) is 112 Å². The number of para-hydroxylation sites is 1. The van der Waals surface area contributed by atoms with E-state index in [1.54, 1.807) is 42.6 Å². The fraction of sp³-hybridized carbons (Fsp3) is 0.0833. The van der Waals surface area contributed by atoms with Crippen LogP contribution in [0.25, 0.3) is 10.9 Å². The number of anilines is 1. The molecular formula is C24H19N3O3. The highest BCUT2D eigenvalue weighted by Gasteiger charge is 2.18. The van der Waals surface area contributed by atoms with Crippen molar-refractivity contribution in [3.8, 4) is 0 Å². The molecule has 0 radical (unpaired) electrons. The van der Waals surface area contributed by atoms with Gasteiger partial charge in [0.05, 0.1) is 10.4 Å². The van der Waals surface area contributed by atoms with E-state index in [1.165, 1.54) is 6.07 Å². The van der Waals surface area contributed by atoms with Crippen LogP contribution in [0.15, 0.2) is 85.1 Å². The molecule has 0 atom stereocenters. The molecule has 0 saturated carbocycles. The highest BCUT2D eigenvalue weighted by molar-refractivity contribution is 6.09. The predicted molar refractivity (Wildman–Crippen MR) is 117 cm³/mol. The number of carbonyl (C=O) groups excluding carboxylic acids is 1. The van der Waals surface area contributed by atoms with Crippen LogP contribution in [0, 0.1) is 10.1 Å². The molecule has 0 aliphatic rings. The molecule has 1 aromatic heterocycles. The monoisotopic (exact) mass is 397 g/mol. The van der Waals surface area contributed by atoms with E-state index >= 15 is 0 Å². The summed E-state index contributed by atoms with van der Waals surface area (Å²) in [5.41, 5.74) is 3.05. The number of nitrogens with one attached hydrogen (secondary N) is 1. The van der Waals surface area contributed by atoms with Gasteiger partial charge >= 0.3 is 0 Å². The van der Waals surface area contributed by atoms with Gasteiger partial charge in [-0.2, -0.15) is 0 Å². The number of pyridine rings is 1. The molecular weight excluding hydrogens is 378 g/mol. The van der Waals surface area contributed by atoms with Gasteiger partial charge in [0.2, 0.25) is 0 Å². The second-order valence-corrected chi connectivity index (χ2v) is 6.85. The molecule has 0 bridgehead atoms. The van der Waals surface area contributed by atoms with Crippen LogP contribution in [0.5, 0.6) is 0 Å². The first-order valence-corrected chi connectivity index (χ1v) is 9.58. The molecule has 1 N–H and O–H groups in total. The molecule has 0 saturated heterocycles. The van der Waals surface area contributed by atoms with Crippen molar-refractivity contribution in [2.45, 2.75) is 6.42 Å². The van der Waals surface area contributed by atoms with E-state index in [1.807, 2.05) is 36.4 Å². The van der Waals surface area contributed by atoms with Gasteiger partial charge in [-0.1, -0.05) is 54.6 Å². The number of benzene rings is 3. The zero-order chi connectivity index (χ0) is 20.9. The molecule has 6 nitrogen and oxygen atoms in total. The van der Waals surface area contributed by atoms with Crippen LogP contribution in [0.3, 0.4) is 0 Å². The third-order valence-electron chi connectivity index (χ3n) is 4.92. The summed E-state index contributed by atoms with van der Waals surface area (Å²) in [6.45, 7) is 0.502. The average molecular weight is 397 g/mol. The van der Waals surface area contributed by atoms with E-state index in [9.17, 15) is 14.9 Å². The van der Waals surface area contributed by atoms with Crippen molar-refractivity contribution in [2.75, 3.05) is 11.9 Å². The number of fused-ring (bicyclic) bond motifs is 1. The lowest BCUT2D eigenvalue weighted by Crippen LogP contribution is -2.09. The van der Waals surface area contributed by atoms with Gasteiger partial charge in [-0.25, -0.2) is 0 Å². The lowest BCUT2D eigenvalue weighted by molar-refractivity contribution is -0.384. The Morgan fingerprint density at radius 1 is 0.933 bits per heavy atom. The Balaban J connectivity index is 1.52. The third-order valence-corrected chi connectivity index (χ3v) is 4.92. The third kappa shape index (κ3) is 4.03. The number of ketones is 1. The fourth-order valence-corrected chi connectivity index (χ4v) is 3.43. The Morgan fingerprint density at radius 2 is 1.73 bits per heavy atom. The van der Waals surface area contributed by atoms with Crippen LogP contribution in [0.4, 0.5) is 11.4 Å². The zero-order valence-electron chi connectivity index (χ0n) is 16.1. The van der Waals surface area contributed by atoms with Crippen LogP contribution in [-0.2, 0) is 6.42 Å². The first-order chi connectivity index (χ1) is 14.6. The van der Waals surface area contributed by atoms with Gasteiger partial charge in [0.15, 0.2) is 5.78 Å². The van der Waals surface area contributed by atoms with E-state index < -0.39 is 4.92 Å². The minimum absolute atomic E-state index is 0.118. The van der Waals surface area contributed by atoms with E-state index in [-0.39, 0.29) is 17.0 Å². The van der Waals surface area contributed by atoms with E-state index in [4.69, 9.17) is 0 Å². The summed E-state index contributed by atoms with van der Waals surface area (Å²) in [4.78, 5) is 28.2. The first-order valence-electron chi connectivity index (χ1n) is 9.58. The predicted octanol–water partition coefficient (Wildman–Crippen LogP) is 5.03. The summed E-state index contributed by atoms with van der Waals surface area (Å²) in [6, 6.07) is 23.2. The summed E-state index contributed by atoms with van der Waals surface area (Å²) in [5, 5.41) is 15.8. The van der Waals surface area contributed by atoms with Crippen LogP contribution in [0.1, 0.15) is 21.5 Å². The minimum Gasteiger partial charge on any atom is -0.379 e. The Kier molecular flexibility index (Phi) is 5.48. The van der Waals surface area contributed by atoms with Crippen molar-refractivity contribution >= 4 is 28.1 Å². The van der Waals surface area contributed by atoms with Crippen molar-refractivity contribution < 1.29 is 9.72 Å². The van der Waals surface area contributed by atoms with Gasteiger partial charge in [0.25, 0.3) is 5.69 Å². The quantitative estimate of drug-likeness (QED) is 0.269. The molecule has 3 aromatic carbocycles. The van der Waals surface area contributed by atoms with Crippen LogP contribution < -0.4 is 5.32 Å². The lowest BCUT2D eigenvalue weighted by atomic mass is 10.0. The summed E-state index contributed by atoms with van der Waals surface area (Å²) < 4.78 is 0. The standard InChI is InChI=1S/C24H19N3O3/c28-24(19-6-2-1-3-7-19)20-11-12-21(22(16-20)27(29)30)25-15-13-18-9-4-8-17-10-5-14-26-23(17)18/h1-12,14,16,25H,13,15H2. The normalized spacial score (nSPS) is 10.7. The van der Waals surface area contributed by atoms with Crippen molar-refractivity contribution in [1.82, 2.24) is 4.98 Å². The van der Waals surface area contributed by atoms with Crippen LogP contribution in [0.2, 0.25) is 0 Å². The highest BCUT2D eigenvalue weighted by atomic mass is 16.6. The van der Waals surface area contributed by atoms with Gasteiger partial charge in [-0.05, 0) is 30.2 Å². The van der Waals surface area contributed by atoms with Crippen LogP contribution in [-0.4, -0.2) is 22.2 Å². The van der Waals surface area contributed by atoms with Crippen molar-refractivity contribution in [3.63, 3.8) is 0 Å². The van der Waals surface area contributed by atoms with Crippen LogP contribution >= 0.6 is 0 Å². The van der Waals surface area contributed by atoms with E-state index in [0.717, 1.165) is 16.5 Å². The minimum atomic E-state index is -0.469. The molecule has 6 heteroatoms. The van der Waals surface area contributed by atoms with Gasteiger partial charge in [-0.15, -0.1) is 0 Å². The second-order valence-electron chi connectivity index (χ2n) is 6.85. The smallest absolute Gasteiger partial charge is 0.293 e. The number of nitro benzene ring substituents is 1. The number of carbonyl (C=O) groups is 1. The lowest BCUT2D eigenvalue weighted by Gasteiger charge is -2.10. The molecule has 0 unspecified atom stereocenters. The second kappa shape index (κ2) is 8.53. The number of nitro groups is 1. The number of aromatic nitrogens is 1. The summed E-state index contributed by atoms with van der Waals surface area (Å²) in [7, 11) is 0. The topological polar surface area (TPSA) is 85.1 Å². The average Bonchev–Trinajstić information content (AvgIpc) is 2.79. The maximum atomic E-state index is 12.6. The Bertz CT molecular complexity index is 1220. The van der Waals surface area contributed by atoms with Gasteiger partial charge in [0, 0.05) is 35.3 Å². The molecule has 4 rings (SSSR count). The Labute approximate surface area is 173 Å². The molecule has 0 aliphatic heterocycles. The maximum absolute atomic E-state index is 12.6. The van der Waals surface area contributed by atoms with Crippen molar-refractivity contribution in [2.24, 2.45) is 0 Å². The molecule has 0 aliphatic carbocycles. The molecule has 148 valence electrons. The Hall–Kier alpha value is -4.06. The number of nitrogens with zero attached hydrogens (tertiary/aromatic N) is 2. The number of hydrogen-bond acceptors (Lipinski definition) is 5. The summed E-state index contributed by atoms with van der Waals surface area (Å²) in [6.07, 6.45) is 2.42.